The molecule has 2 rings (SSSR count). The Morgan fingerprint density at radius 2 is 2.00 bits per heavy atom. The van der Waals surface area contributed by atoms with Gasteiger partial charge in [0.1, 0.15) is 0 Å². The summed E-state index contributed by atoms with van der Waals surface area (Å²) in [4.78, 5) is 14.4. The molecule has 1 fully saturated rings. The van der Waals surface area contributed by atoms with Gasteiger partial charge in [-0.1, -0.05) is 11.6 Å². The highest BCUT2D eigenvalue weighted by Crippen LogP contribution is 2.24. The smallest absolute Gasteiger partial charge is 0.256 e. The fraction of sp³-hybridized carbons (Fsp3) is 0.562. The maximum absolute atomic E-state index is 12.5. The van der Waals surface area contributed by atoms with Crippen LogP contribution < -0.4 is 5.32 Å². The third-order valence-electron chi connectivity index (χ3n) is 3.76. The zero-order chi connectivity index (χ0) is 15.1. The molecule has 1 aromatic carbocycles. The summed E-state index contributed by atoms with van der Waals surface area (Å²) in [6.07, 6.45) is 4.93. The van der Waals surface area contributed by atoms with E-state index < -0.39 is 0 Å². The number of carbonyl (C=O) groups is 1. The second kappa shape index (κ2) is 8.25. The van der Waals surface area contributed by atoms with Gasteiger partial charge in [-0.25, -0.2) is 0 Å². The van der Waals surface area contributed by atoms with Gasteiger partial charge in [-0.05, 0) is 50.3 Å². The van der Waals surface area contributed by atoms with Gasteiger partial charge in [0.2, 0.25) is 0 Å². The number of rotatable bonds is 7. The molecule has 0 bridgehead atoms. The van der Waals surface area contributed by atoms with Crippen molar-refractivity contribution in [3.8, 4) is 0 Å². The average Bonchev–Trinajstić information content (AvgIpc) is 3.02. The van der Waals surface area contributed by atoms with Crippen LogP contribution in [0.4, 0.5) is 5.69 Å². The summed E-state index contributed by atoms with van der Waals surface area (Å²) in [6, 6.07) is 5.42. The van der Waals surface area contributed by atoms with Crippen LogP contribution in [0.3, 0.4) is 0 Å². The molecule has 0 atom stereocenters. The Kier molecular flexibility index (Phi) is 6.33. The predicted molar refractivity (Wildman–Crippen MR) is 86.0 cm³/mol. The Morgan fingerprint density at radius 3 is 2.71 bits per heavy atom. The number of hydrogen-bond donors (Lipinski definition) is 2. The molecule has 1 aromatic rings. The van der Waals surface area contributed by atoms with Crippen LogP contribution in [0.15, 0.2) is 18.2 Å². The van der Waals surface area contributed by atoms with Crippen LogP contribution in [0.2, 0.25) is 5.02 Å². The molecule has 0 aliphatic carbocycles. The van der Waals surface area contributed by atoms with E-state index in [0.717, 1.165) is 57.4 Å². The molecular weight excluding hydrogens is 288 g/mol. The molecule has 0 radical (unpaired) electrons. The molecule has 4 nitrogen and oxygen atoms in total. The second-order valence-electron chi connectivity index (χ2n) is 5.40. The molecule has 2 N–H and O–H groups in total. The molecule has 5 heteroatoms. The quantitative estimate of drug-likeness (QED) is 0.761. The van der Waals surface area contributed by atoms with Gasteiger partial charge < -0.3 is 15.3 Å². The highest BCUT2D eigenvalue weighted by atomic mass is 35.5. The number of hydrogen-bond acceptors (Lipinski definition) is 3. The van der Waals surface area contributed by atoms with Gasteiger partial charge in [0.15, 0.2) is 0 Å². The summed E-state index contributed by atoms with van der Waals surface area (Å²) in [5, 5.41) is 12.7. The van der Waals surface area contributed by atoms with Crippen LogP contribution in [0.5, 0.6) is 0 Å². The van der Waals surface area contributed by atoms with E-state index in [1.165, 1.54) is 0 Å². The number of nitrogens with one attached hydrogen (secondary N) is 1. The van der Waals surface area contributed by atoms with Crippen molar-refractivity contribution in [3.63, 3.8) is 0 Å². The number of nitrogens with zero attached hydrogens (tertiary/aromatic N) is 1. The first-order valence-electron chi connectivity index (χ1n) is 7.66. The highest BCUT2D eigenvalue weighted by molar-refractivity contribution is 6.31. The lowest BCUT2D eigenvalue weighted by Crippen LogP contribution is -2.28. The maximum Gasteiger partial charge on any atom is 0.256 e. The topological polar surface area (TPSA) is 52.6 Å². The van der Waals surface area contributed by atoms with Gasteiger partial charge in [-0.15, -0.1) is 0 Å². The normalized spacial score (nSPS) is 14.5. The first-order chi connectivity index (χ1) is 10.2. The minimum absolute atomic E-state index is 0.0628. The van der Waals surface area contributed by atoms with E-state index in [1.54, 1.807) is 12.1 Å². The molecule has 0 saturated carbocycles. The highest BCUT2D eigenvalue weighted by Gasteiger charge is 2.22. The standard InChI is InChI=1S/C16H23ClN2O2/c17-13-6-7-15(18-8-2-1-5-11-20)14(12-13)16(21)19-9-3-4-10-19/h6-7,12,18,20H,1-5,8-11H2. The average molecular weight is 311 g/mol. The molecular formula is C16H23ClN2O2. The Balaban J connectivity index is 2.01. The number of likely N-dealkylation sites (tertiary alicyclic amines) is 1. The third-order valence-corrected chi connectivity index (χ3v) is 3.99. The molecule has 1 aliphatic heterocycles. The number of aliphatic hydroxyl groups is 1. The van der Waals surface area contributed by atoms with Crippen LogP contribution >= 0.6 is 11.6 Å². The van der Waals surface area contributed by atoms with Crippen molar-refractivity contribution < 1.29 is 9.90 Å². The summed E-state index contributed by atoms with van der Waals surface area (Å²) < 4.78 is 0. The third kappa shape index (κ3) is 4.61. The molecule has 116 valence electrons. The van der Waals surface area contributed by atoms with Gasteiger partial charge in [-0.3, -0.25) is 4.79 Å². The van der Waals surface area contributed by atoms with E-state index in [1.807, 2.05) is 11.0 Å². The fourth-order valence-corrected chi connectivity index (χ4v) is 2.75. The second-order valence-corrected chi connectivity index (χ2v) is 5.84. The van der Waals surface area contributed by atoms with Crippen molar-refractivity contribution in [2.75, 3.05) is 31.6 Å². The van der Waals surface area contributed by atoms with Crippen LogP contribution in [-0.2, 0) is 0 Å². The van der Waals surface area contributed by atoms with Crippen molar-refractivity contribution >= 4 is 23.2 Å². The molecule has 0 aromatic heterocycles. The molecule has 1 saturated heterocycles. The first-order valence-corrected chi connectivity index (χ1v) is 8.03. The molecule has 1 heterocycles. The van der Waals surface area contributed by atoms with Crippen molar-refractivity contribution in [2.45, 2.75) is 32.1 Å². The summed E-state index contributed by atoms with van der Waals surface area (Å²) in [7, 11) is 0. The fourth-order valence-electron chi connectivity index (χ4n) is 2.57. The number of halogens is 1. The number of benzene rings is 1. The predicted octanol–water partition coefficient (Wildman–Crippen LogP) is 3.15. The molecule has 1 amide bonds. The molecule has 21 heavy (non-hydrogen) atoms. The van der Waals surface area contributed by atoms with E-state index in [2.05, 4.69) is 5.32 Å². The minimum atomic E-state index is 0.0628. The molecule has 1 aliphatic rings. The molecule has 0 spiro atoms. The van der Waals surface area contributed by atoms with E-state index in [-0.39, 0.29) is 12.5 Å². The maximum atomic E-state index is 12.5. The van der Waals surface area contributed by atoms with E-state index >= 15 is 0 Å². The summed E-state index contributed by atoms with van der Waals surface area (Å²) >= 11 is 6.04. The number of aliphatic hydroxyl groups excluding tert-OH is 1. The van der Waals surface area contributed by atoms with Crippen LogP contribution in [0.1, 0.15) is 42.5 Å². The van der Waals surface area contributed by atoms with E-state index in [4.69, 9.17) is 16.7 Å². The van der Waals surface area contributed by atoms with Crippen molar-refractivity contribution in [1.29, 1.82) is 0 Å². The van der Waals surface area contributed by atoms with E-state index in [0.29, 0.717) is 10.6 Å². The van der Waals surface area contributed by atoms with Crippen LogP contribution in [0.25, 0.3) is 0 Å². The molecule has 0 unspecified atom stereocenters. The summed E-state index contributed by atoms with van der Waals surface area (Å²) in [5.74, 6) is 0.0628. The van der Waals surface area contributed by atoms with Crippen LogP contribution in [-0.4, -0.2) is 42.2 Å². The largest absolute Gasteiger partial charge is 0.396 e. The first kappa shape index (κ1) is 16.1. The van der Waals surface area contributed by atoms with Gasteiger partial charge in [0, 0.05) is 37.0 Å². The van der Waals surface area contributed by atoms with E-state index in [9.17, 15) is 4.79 Å². The number of carbonyl (C=O) groups excluding carboxylic acids is 1. The zero-order valence-corrected chi connectivity index (χ0v) is 13.0. The Labute approximate surface area is 131 Å². The van der Waals surface area contributed by atoms with Gasteiger partial charge in [0.05, 0.1) is 5.56 Å². The number of amides is 1. The van der Waals surface area contributed by atoms with Gasteiger partial charge in [-0.2, -0.15) is 0 Å². The lowest BCUT2D eigenvalue weighted by Gasteiger charge is -2.18. The number of unbranched alkanes of at least 4 members (excludes halogenated alkanes) is 2. The Hall–Kier alpha value is -1.26. The summed E-state index contributed by atoms with van der Waals surface area (Å²) in [6.45, 7) is 2.70. The minimum Gasteiger partial charge on any atom is -0.396 e. The summed E-state index contributed by atoms with van der Waals surface area (Å²) in [5.41, 5.74) is 1.51. The lowest BCUT2D eigenvalue weighted by molar-refractivity contribution is 0.0793. The number of anilines is 1. The monoisotopic (exact) mass is 310 g/mol. The van der Waals surface area contributed by atoms with Crippen molar-refractivity contribution in [3.05, 3.63) is 28.8 Å². The van der Waals surface area contributed by atoms with Gasteiger partial charge >= 0.3 is 0 Å². The Morgan fingerprint density at radius 1 is 1.24 bits per heavy atom. The van der Waals surface area contributed by atoms with Crippen molar-refractivity contribution in [2.24, 2.45) is 0 Å². The van der Waals surface area contributed by atoms with Crippen molar-refractivity contribution in [1.82, 2.24) is 4.90 Å². The SMILES string of the molecule is O=C(c1cc(Cl)ccc1NCCCCCO)N1CCCC1. The zero-order valence-electron chi connectivity index (χ0n) is 12.3. The lowest BCUT2D eigenvalue weighted by atomic mass is 10.1. The van der Waals surface area contributed by atoms with Gasteiger partial charge in [0.25, 0.3) is 5.91 Å². The van der Waals surface area contributed by atoms with Crippen LogP contribution in [0, 0.1) is 0 Å². The Bertz CT molecular complexity index is 473.